The van der Waals surface area contributed by atoms with E-state index in [0.717, 1.165) is 44.4 Å². The van der Waals surface area contributed by atoms with Crippen molar-refractivity contribution in [1.82, 2.24) is 14.5 Å². The zero-order valence-corrected chi connectivity index (χ0v) is 15.7. The summed E-state index contributed by atoms with van der Waals surface area (Å²) in [6.45, 7) is 2.09. The predicted octanol–water partition coefficient (Wildman–Crippen LogP) is 5.73. The molecule has 0 radical (unpaired) electrons. The van der Waals surface area contributed by atoms with Gasteiger partial charge in [-0.2, -0.15) is 0 Å². The largest absolute Gasteiger partial charge is 0.338 e. The van der Waals surface area contributed by atoms with E-state index in [-0.39, 0.29) is 0 Å². The van der Waals surface area contributed by atoms with Crippen LogP contribution in [0.25, 0.3) is 28.3 Å². The number of imidazole rings is 1. The van der Waals surface area contributed by atoms with Crippen LogP contribution >= 0.6 is 15.9 Å². The summed E-state index contributed by atoms with van der Waals surface area (Å²) in [6, 6.07) is 20.7. The van der Waals surface area contributed by atoms with Gasteiger partial charge in [0, 0.05) is 17.3 Å². The van der Waals surface area contributed by atoms with Crippen LogP contribution in [0, 0.1) is 6.92 Å². The van der Waals surface area contributed by atoms with Crippen molar-refractivity contribution in [3.8, 4) is 28.3 Å². The van der Waals surface area contributed by atoms with Crippen molar-refractivity contribution in [3.05, 3.63) is 77.0 Å². The summed E-state index contributed by atoms with van der Waals surface area (Å²) >= 11 is 3.69. The summed E-state index contributed by atoms with van der Waals surface area (Å²) in [5, 5.41) is 3.46. The molecule has 4 aromatic rings. The Morgan fingerprint density at radius 3 is 2.62 bits per heavy atom. The zero-order valence-electron chi connectivity index (χ0n) is 14.1. The van der Waals surface area contributed by atoms with E-state index in [2.05, 4.69) is 80.2 Å². The van der Waals surface area contributed by atoms with Crippen molar-refractivity contribution < 1.29 is 0 Å². The second kappa shape index (κ2) is 5.81. The van der Waals surface area contributed by atoms with E-state index in [4.69, 9.17) is 4.98 Å². The standard InChI is InChI=1S/C21H15BrN4/c1-13-8-10-14(11-9-13)18-19(22)25-21-15-5-2-3-6-16(15)24-20-17(26(18)21)7-4-12-23-20/h2-12H,1H3,(H,23,24). The first-order chi connectivity index (χ1) is 12.7. The van der Waals surface area contributed by atoms with E-state index in [0.29, 0.717) is 0 Å². The lowest BCUT2D eigenvalue weighted by molar-refractivity contribution is 1.07. The SMILES string of the molecule is Cc1ccc(-c2c(Br)nc3n2-c2cccnc2Nc2ccccc2-3)cc1. The van der Waals surface area contributed by atoms with Crippen LogP contribution in [-0.2, 0) is 0 Å². The number of rotatable bonds is 1. The maximum absolute atomic E-state index is 4.86. The van der Waals surface area contributed by atoms with Crippen molar-refractivity contribution in [2.24, 2.45) is 0 Å². The molecule has 0 amide bonds. The molecule has 0 atom stereocenters. The molecule has 0 saturated carbocycles. The van der Waals surface area contributed by atoms with E-state index in [1.54, 1.807) is 6.20 Å². The maximum Gasteiger partial charge on any atom is 0.154 e. The molecular formula is C21H15BrN4. The summed E-state index contributed by atoms with van der Waals surface area (Å²) in [5.74, 6) is 1.71. The van der Waals surface area contributed by atoms with Crippen LogP contribution in [0.3, 0.4) is 0 Å². The number of halogens is 1. The van der Waals surface area contributed by atoms with Crippen LogP contribution < -0.4 is 5.32 Å². The Balaban J connectivity index is 1.89. The number of pyridine rings is 1. The molecule has 1 aliphatic rings. The van der Waals surface area contributed by atoms with Gasteiger partial charge in [0.2, 0.25) is 0 Å². The molecule has 1 N–H and O–H groups in total. The van der Waals surface area contributed by atoms with Gasteiger partial charge in [-0.15, -0.1) is 0 Å². The fourth-order valence-electron chi connectivity index (χ4n) is 3.36. The molecule has 0 spiro atoms. The highest BCUT2D eigenvalue weighted by atomic mass is 79.9. The zero-order chi connectivity index (χ0) is 17.7. The van der Waals surface area contributed by atoms with Gasteiger partial charge in [0.1, 0.15) is 10.4 Å². The molecule has 26 heavy (non-hydrogen) atoms. The van der Waals surface area contributed by atoms with Crippen molar-refractivity contribution in [3.63, 3.8) is 0 Å². The van der Waals surface area contributed by atoms with Crippen LogP contribution in [0.15, 0.2) is 71.5 Å². The molecule has 2 aromatic carbocycles. The second-order valence-corrected chi connectivity index (χ2v) is 7.07. The number of benzene rings is 2. The Morgan fingerprint density at radius 2 is 1.77 bits per heavy atom. The molecule has 5 rings (SSSR count). The Morgan fingerprint density at radius 1 is 0.962 bits per heavy atom. The third-order valence-electron chi connectivity index (χ3n) is 4.61. The van der Waals surface area contributed by atoms with Gasteiger partial charge in [-0.1, -0.05) is 42.0 Å². The number of para-hydroxylation sites is 1. The average molecular weight is 403 g/mol. The van der Waals surface area contributed by atoms with E-state index in [1.807, 2.05) is 18.2 Å². The normalized spacial score (nSPS) is 11.8. The van der Waals surface area contributed by atoms with Crippen molar-refractivity contribution in [2.45, 2.75) is 6.92 Å². The maximum atomic E-state index is 4.86. The predicted molar refractivity (Wildman–Crippen MR) is 108 cm³/mol. The van der Waals surface area contributed by atoms with Gasteiger partial charge >= 0.3 is 0 Å². The third kappa shape index (κ3) is 2.28. The van der Waals surface area contributed by atoms with Crippen molar-refractivity contribution >= 4 is 27.4 Å². The highest BCUT2D eigenvalue weighted by Gasteiger charge is 2.26. The molecule has 1 aliphatic heterocycles. The lowest BCUT2D eigenvalue weighted by Crippen LogP contribution is -2.01. The smallest absolute Gasteiger partial charge is 0.154 e. The van der Waals surface area contributed by atoms with E-state index < -0.39 is 0 Å². The van der Waals surface area contributed by atoms with Gasteiger partial charge in [0.05, 0.1) is 17.1 Å². The highest BCUT2D eigenvalue weighted by molar-refractivity contribution is 9.10. The van der Waals surface area contributed by atoms with E-state index >= 15 is 0 Å². The number of aryl methyl sites for hydroxylation is 1. The third-order valence-corrected chi connectivity index (χ3v) is 5.16. The molecule has 5 heteroatoms. The number of nitrogens with one attached hydrogen (secondary N) is 1. The summed E-state index contributed by atoms with van der Waals surface area (Å²) in [6.07, 6.45) is 1.80. The fourth-order valence-corrected chi connectivity index (χ4v) is 3.93. The minimum atomic E-state index is 0.817. The van der Waals surface area contributed by atoms with Crippen LogP contribution in [0.5, 0.6) is 0 Å². The van der Waals surface area contributed by atoms with Gasteiger partial charge in [0.15, 0.2) is 5.82 Å². The van der Waals surface area contributed by atoms with E-state index in [1.165, 1.54) is 5.56 Å². The monoisotopic (exact) mass is 402 g/mol. The molecular weight excluding hydrogens is 388 g/mol. The molecule has 3 heterocycles. The Labute approximate surface area is 159 Å². The first-order valence-corrected chi connectivity index (χ1v) is 9.19. The van der Waals surface area contributed by atoms with Crippen LogP contribution in [0.1, 0.15) is 5.56 Å². The van der Waals surface area contributed by atoms with Crippen LogP contribution in [0.4, 0.5) is 11.5 Å². The number of nitrogens with zero attached hydrogens (tertiary/aromatic N) is 3. The Bertz CT molecular complexity index is 1130. The topological polar surface area (TPSA) is 42.7 Å². The molecule has 2 aromatic heterocycles. The quantitative estimate of drug-likeness (QED) is 0.389. The molecule has 4 nitrogen and oxygen atoms in total. The second-order valence-electron chi connectivity index (χ2n) is 6.32. The molecule has 0 saturated heterocycles. The lowest BCUT2D eigenvalue weighted by atomic mass is 10.1. The Kier molecular flexibility index (Phi) is 3.43. The number of anilines is 2. The van der Waals surface area contributed by atoms with Gasteiger partial charge in [-0.3, -0.25) is 4.57 Å². The van der Waals surface area contributed by atoms with Crippen LogP contribution in [0.2, 0.25) is 0 Å². The first kappa shape index (κ1) is 15.3. The van der Waals surface area contributed by atoms with Crippen molar-refractivity contribution in [2.75, 3.05) is 5.32 Å². The minimum Gasteiger partial charge on any atom is -0.338 e. The van der Waals surface area contributed by atoms with Crippen molar-refractivity contribution in [1.29, 1.82) is 0 Å². The molecule has 126 valence electrons. The van der Waals surface area contributed by atoms with Gasteiger partial charge < -0.3 is 5.32 Å². The summed E-state index contributed by atoms with van der Waals surface area (Å²) < 4.78 is 3.00. The summed E-state index contributed by atoms with van der Waals surface area (Å²) in [4.78, 5) is 9.42. The average Bonchev–Trinajstić information content (AvgIpc) is 2.93. The number of fused-ring (bicyclic) bond motifs is 5. The summed E-state index contributed by atoms with van der Waals surface area (Å²) in [5.41, 5.74) is 6.38. The number of hydrogen-bond donors (Lipinski definition) is 1. The lowest BCUT2D eigenvalue weighted by Gasteiger charge is -2.12. The van der Waals surface area contributed by atoms with Crippen LogP contribution in [-0.4, -0.2) is 14.5 Å². The number of hydrogen-bond acceptors (Lipinski definition) is 3. The number of aromatic nitrogens is 3. The molecule has 0 unspecified atom stereocenters. The van der Waals surface area contributed by atoms with Gasteiger partial charge in [-0.25, -0.2) is 9.97 Å². The first-order valence-electron chi connectivity index (χ1n) is 8.39. The van der Waals surface area contributed by atoms with E-state index in [9.17, 15) is 0 Å². The minimum absolute atomic E-state index is 0.817. The molecule has 0 fully saturated rings. The fraction of sp³-hybridized carbons (Fsp3) is 0.0476. The molecule has 0 aliphatic carbocycles. The Hall–Kier alpha value is -2.92. The summed E-state index contributed by atoms with van der Waals surface area (Å²) in [7, 11) is 0. The molecule has 0 bridgehead atoms. The van der Waals surface area contributed by atoms with Gasteiger partial charge in [0.25, 0.3) is 0 Å². The highest BCUT2D eigenvalue weighted by Crippen LogP contribution is 2.42. The van der Waals surface area contributed by atoms with Gasteiger partial charge in [-0.05, 0) is 47.1 Å².